The zero-order valence-electron chi connectivity index (χ0n) is 8.94. The molecular formula is C15H12O. The van der Waals surface area contributed by atoms with Crippen LogP contribution >= 0.6 is 0 Å². The van der Waals surface area contributed by atoms with E-state index >= 15 is 0 Å². The Morgan fingerprint density at radius 3 is 2.62 bits per heavy atom. The molecule has 1 unspecified atom stereocenters. The van der Waals surface area contributed by atoms with Gasteiger partial charge in [0.1, 0.15) is 5.60 Å². The van der Waals surface area contributed by atoms with E-state index in [9.17, 15) is 0 Å². The SMILES string of the molecule is C#CCC1(c2ccc3ccccc3c2)CO1. The van der Waals surface area contributed by atoms with Crippen LogP contribution in [0.15, 0.2) is 42.5 Å². The van der Waals surface area contributed by atoms with Crippen molar-refractivity contribution in [3.05, 3.63) is 48.0 Å². The minimum absolute atomic E-state index is 0.196. The van der Waals surface area contributed by atoms with Gasteiger partial charge in [0, 0.05) is 6.42 Å². The predicted octanol–water partition coefficient (Wildman–Crippen LogP) is 3.09. The Labute approximate surface area is 95.0 Å². The van der Waals surface area contributed by atoms with E-state index in [1.54, 1.807) is 0 Å². The summed E-state index contributed by atoms with van der Waals surface area (Å²) in [5, 5.41) is 2.50. The maximum Gasteiger partial charge on any atom is 0.127 e. The molecule has 1 heterocycles. The standard InChI is InChI=1S/C15H12O/c1-2-9-15(11-16-15)14-8-7-12-5-3-4-6-13(12)10-14/h1,3-8,10H,9,11H2. The number of hydrogen-bond acceptors (Lipinski definition) is 1. The number of rotatable bonds is 2. The molecule has 0 amide bonds. The Hall–Kier alpha value is -1.78. The predicted molar refractivity (Wildman–Crippen MR) is 65.0 cm³/mol. The summed E-state index contributed by atoms with van der Waals surface area (Å²) >= 11 is 0. The molecule has 1 fully saturated rings. The lowest BCUT2D eigenvalue weighted by Crippen LogP contribution is -2.07. The average Bonchev–Trinajstić information content (AvgIpc) is 3.10. The zero-order chi connectivity index (χ0) is 11.0. The lowest BCUT2D eigenvalue weighted by atomic mass is 9.94. The van der Waals surface area contributed by atoms with Crippen molar-refractivity contribution < 1.29 is 4.74 Å². The Balaban J connectivity index is 2.09. The van der Waals surface area contributed by atoms with Gasteiger partial charge in [0.25, 0.3) is 0 Å². The highest BCUT2D eigenvalue weighted by Crippen LogP contribution is 2.42. The van der Waals surface area contributed by atoms with Gasteiger partial charge in [0.15, 0.2) is 0 Å². The van der Waals surface area contributed by atoms with Gasteiger partial charge in [-0.05, 0) is 22.4 Å². The Morgan fingerprint density at radius 2 is 1.94 bits per heavy atom. The lowest BCUT2D eigenvalue weighted by molar-refractivity contribution is 0.313. The number of fused-ring (bicyclic) bond motifs is 1. The topological polar surface area (TPSA) is 12.5 Å². The lowest BCUT2D eigenvalue weighted by Gasteiger charge is -2.09. The maximum absolute atomic E-state index is 5.53. The third-order valence-corrected chi connectivity index (χ3v) is 3.16. The molecule has 1 atom stereocenters. The molecule has 0 radical (unpaired) electrons. The van der Waals surface area contributed by atoms with Gasteiger partial charge in [-0.25, -0.2) is 0 Å². The molecule has 1 aliphatic heterocycles. The highest BCUT2D eigenvalue weighted by Gasteiger charge is 2.45. The first-order valence-electron chi connectivity index (χ1n) is 5.41. The van der Waals surface area contributed by atoms with Crippen LogP contribution in [-0.2, 0) is 10.3 Å². The highest BCUT2D eigenvalue weighted by molar-refractivity contribution is 5.83. The van der Waals surface area contributed by atoms with E-state index in [1.165, 1.54) is 16.3 Å². The van der Waals surface area contributed by atoms with Crippen LogP contribution in [0.2, 0.25) is 0 Å². The highest BCUT2D eigenvalue weighted by atomic mass is 16.6. The van der Waals surface area contributed by atoms with Crippen LogP contribution in [0.4, 0.5) is 0 Å². The Bertz CT molecular complexity index is 573. The van der Waals surface area contributed by atoms with Gasteiger partial charge >= 0.3 is 0 Å². The molecule has 0 N–H and O–H groups in total. The fourth-order valence-corrected chi connectivity index (χ4v) is 2.10. The largest absolute Gasteiger partial charge is 0.363 e. The molecule has 0 spiro atoms. The van der Waals surface area contributed by atoms with E-state index in [0.717, 1.165) is 6.61 Å². The Morgan fingerprint density at radius 1 is 1.19 bits per heavy atom. The summed E-state index contributed by atoms with van der Waals surface area (Å²) in [6.07, 6.45) is 6.03. The van der Waals surface area contributed by atoms with E-state index < -0.39 is 0 Å². The maximum atomic E-state index is 5.53. The van der Waals surface area contributed by atoms with Crippen molar-refractivity contribution in [3.63, 3.8) is 0 Å². The quantitative estimate of drug-likeness (QED) is 0.545. The van der Waals surface area contributed by atoms with E-state index in [1.807, 2.05) is 12.1 Å². The van der Waals surface area contributed by atoms with Gasteiger partial charge in [-0.3, -0.25) is 0 Å². The van der Waals surface area contributed by atoms with Crippen LogP contribution in [-0.4, -0.2) is 6.61 Å². The fraction of sp³-hybridized carbons (Fsp3) is 0.200. The number of epoxide rings is 1. The minimum atomic E-state index is -0.196. The smallest absolute Gasteiger partial charge is 0.127 e. The van der Waals surface area contributed by atoms with Crippen LogP contribution in [0, 0.1) is 12.3 Å². The molecule has 0 bridgehead atoms. The second-order valence-electron chi connectivity index (χ2n) is 4.23. The van der Waals surface area contributed by atoms with Crippen LogP contribution < -0.4 is 0 Å². The first kappa shape index (κ1) is 9.45. The molecular weight excluding hydrogens is 196 g/mol. The molecule has 1 heteroatoms. The first-order valence-corrected chi connectivity index (χ1v) is 5.41. The molecule has 0 aliphatic carbocycles. The summed E-state index contributed by atoms with van der Waals surface area (Å²) in [5.74, 6) is 2.69. The molecule has 1 nitrogen and oxygen atoms in total. The van der Waals surface area contributed by atoms with Crippen molar-refractivity contribution in [2.45, 2.75) is 12.0 Å². The summed E-state index contributed by atoms with van der Waals surface area (Å²) < 4.78 is 5.53. The van der Waals surface area contributed by atoms with E-state index in [0.29, 0.717) is 6.42 Å². The van der Waals surface area contributed by atoms with Crippen molar-refractivity contribution in [2.75, 3.05) is 6.61 Å². The second kappa shape index (κ2) is 3.37. The summed E-state index contributed by atoms with van der Waals surface area (Å²) in [4.78, 5) is 0. The summed E-state index contributed by atoms with van der Waals surface area (Å²) in [5.41, 5.74) is 1.00. The van der Waals surface area contributed by atoms with Crippen molar-refractivity contribution in [1.82, 2.24) is 0 Å². The van der Waals surface area contributed by atoms with Crippen LogP contribution in [0.25, 0.3) is 10.8 Å². The minimum Gasteiger partial charge on any atom is -0.363 e. The van der Waals surface area contributed by atoms with Crippen LogP contribution in [0.3, 0.4) is 0 Å². The van der Waals surface area contributed by atoms with E-state index in [2.05, 4.69) is 36.3 Å². The van der Waals surface area contributed by atoms with Gasteiger partial charge in [-0.1, -0.05) is 36.4 Å². The third kappa shape index (κ3) is 1.39. The number of hydrogen-bond donors (Lipinski definition) is 0. The van der Waals surface area contributed by atoms with Crippen molar-refractivity contribution in [1.29, 1.82) is 0 Å². The van der Waals surface area contributed by atoms with Gasteiger partial charge in [0.2, 0.25) is 0 Å². The normalized spacial score (nSPS) is 22.9. The van der Waals surface area contributed by atoms with Crippen LogP contribution in [0.1, 0.15) is 12.0 Å². The number of terminal acetylenes is 1. The van der Waals surface area contributed by atoms with Gasteiger partial charge in [0.05, 0.1) is 6.61 Å². The van der Waals surface area contributed by atoms with E-state index in [4.69, 9.17) is 11.2 Å². The second-order valence-corrected chi connectivity index (χ2v) is 4.23. The fourth-order valence-electron chi connectivity index (χ4n) is 2.10. The van der Waals surface area contributed by atoms with Crippen molar-refractivity contribution in [3.8, 4) is 12.3 Å². The van der Waals surface area contributed by atoms with Crippen molar-refractivity contribution >= 4 is 10.8 Å². The molecule has 2 aromatic carbocycles. The molecule has 0 aromatic heterocycles. The van der Waals surface area contributed by atoms with Gasteiger partial charge < -0.3 is 4.74 Å². The third-order valence-electron chi connectivity index (χ3n) is 3.16. The van der Waals surface area contributed by atoms with Gasteiger partial charge in [-0.2, -0.15) is 0 Å². The molecule has 1 saturated heterocycles. The first-order chi connectivity index (χ1) is 7.84. The zero-order valence-corrected chi connectivity index (χ0v) is 8.94. The Kier molecular flexibility index (Phi) is 1.99. The average molecular weight is 208 g/mol. The van der Waals surface area contributed by atoms with E-state index in [-0.39, 0.29) is 5.60 Å². The summed E-state index contributed by atoms with van der Waals surface area (Å²) in [6, 6.07) is 14.8. The summed E-state index contributed by atoms with van der Waals surface area (Å²) in [6.45, 7) is 0.746. The number of benzene rings is 2. The molecule has 2 aromatic rings. The van der Waals surface area contributed by atoms with Crippen LogP contribution in [0.5, 0.6) is 0 Å². The molecule has 78 valence electrons. The number of ether oxygens (including phenoxy) is 1. The monoisotopic (exact) mass is 208 g/mol. The summed E-state index contributed by atoms with van der Waals surface area (Å²) in [7, 11) is 0. The molecule has 16 heavy (non-hydrogen) atoms. The van der Waals surface area contributed by atoms with Crippen molar-refractivity contribution in [2.24, 2.45) is 0 Å². The van der Waals surface area contributed by atoms with Gasteiger partial charge in [-0.15, -0.1) is 12.3 Å². The molecule has 3 rings (SSSR count). The molecule has 0 saturated carbocycles. The molecule has 1 aliphatic rings.